The first-order valence-corrected chi connectivity index (χ1v) is 11.6. The Morgan fingerprint density at radius 1 is 0.875 bits per heavy atom. The summed E-state index contributed by atoms with van der Waals surface area (Å²) in [4.78, 5) is 8.11. The van der Waals surface area contributed by atoms with Gasteiger partial charge in [-0.3, -0.25) is 0 Å². The molecule has 0 unspecified atom stereocenters. The van der Waals surface area contributed by atoms with Crippen molar-refractivity contribution in [1.29, 1.82) is 0 Å². The molecule has 1 aromatic heterocycles. The lowest BCUT2D eigenvalue weighted by atomic mass is 10.2. The molecule has 0 aliphatic heterocycles. The van der Waals surface area contributed by atoms with E-state index in [1.165, 1.54) is 4.31 Å². The summed E-state index contributed by atoms with van der Waals surface area (Å²) in [5.74, 6) is 0.922. The molecule has 0 aliphatic rings. The van der Waals surface area contributed by atoms with Gasteiger partial charge < -0.3 is 14.6 Å². The maximum Gasteiger partial charge on any atom is 0.217 e. The first kappa shape index (κ1) is 23.6. The number of benzene rings is 2. The Balaban J connectivity index is 1.84. The van der Waals surface area contributed by atoms with Crippen LogP contribution in [0.25, 0.3) is 0 Å². The SMILES string of the molecule is COc1ccc(CN(Cc2ccc(OC)cc2)S(=O)(=O)C[C@@H](O)c2ncc(C)cn2)cc1. The number of rotatable bonds is 10. The van der Waals surface area contributed by atoms with Crippen LogP contribution in [0, 0.1) is 6.92 Å². The Morgan fingerprint density at radius 2 is 1.31 bits per heavy atom. The molecule has 0 amide bonds. The Bertz CT molecular complexity index is 1050. The van der Waals surface area contributed by atoms with Crippen molar-refractivity contribution in [1.82, 2.24) is 14.3 Å². The van der Waals surface area contributed by atoms with Crippen LogP contribution in [-0.4, -0.2) is 47.8 Å². The zero-order chi connectivity index (χ0) is 23.1. The lowest BCUT2D eigenvalue weighted by molar-refractivity contribution is 0.188. The van der Waals surface area contributed by atoms with Gasteiger partial charge in [0, 0.05) is 25.5 Å². The van der Waals surface area contributed by atoms with Crippen LogP contribution in [0.3, 0.4) is 0 Å². The Kier molecular flexibility index (Phi) is 7.79. The Hall–Kier alpha value is -3.01. The van der Waals surface area contributed by atoms with E-state index in [9.17, 15) is 13.5 Å². The number of hydrogen-bond donors (Lipinski definition) is 1. The molecule has 0 saturated heterocycles. The number of nitrogens with zero attached hydrogens (tertiary/aromatic N) is 3. The lowest BCUT2D eigenvalue weighted by Gasteiger charge is -2.24. The summed E-state index contributed by atoms with van der Waals surface area (Å²) in [6.07, 6.45) is 1.75. The first-order valence-electron chi connectivity index (χ1n) is 10.0. The van der Waals surface area contributed by atoms with Crippen molar-refractivity contribution >= 4 is 10.0 Å². The molecule has 3 aromatic rings. The third-order valence-electron chi connectivity index (χ3n) is 4.90. The molecule has 2 aromatic carbocycles. The fraction of sp³-hybridized carbons (Fsp3) is 0.304. The smallest absolute Gasteiger partial charge is 0.217 e. The highest BCUT2D eigenvalue weighted by Crippen LogP contribution is 2.21. The Labute approximate surface area is 188 Å². The van der Waals surface area contributed by atoms with E-state index >= 15 is 0 Å². The molecular formula is C23H27N3O5S. The summed E-state index contributed by atoms with van der Waals surface area (Å²) in [5.41, 5.74) is 2.41. The number of hydrogen-bond acceptors (Lipinski definition) is 7. The second-order valence-electron chi connectivity index (χ2n) is 7.38. The van der Waals surface area contributed by atoms with E-state index in [1.807, 2.05) is 31.2 Å². The average molecular weight is 458 g/mol. The van der Waals surface area contributed by atoms with E-state index in [0.717, 1.165) is 16.7 Å². The third-order valence-corrected chi connectivity index (χ3v) is 6.68. The second kappa shape index (κ2) is 10.5. The number of methoxy groups -OCH3 is 2. The summed E-state index contributed by atoms with van der Waals surface area (Å²) < 4.78 is 38.3. The molecule has 3 rings (SSSR count). The monoisotopic (exact) mass is 457 g/mol. The van der Waals surface area contributed by atoms with Gasteiger partial charge in [0.15, 0.2) is 5.82 Å². The van der Waals surface area contributed by atoms with E-state index < -0.39 is 21.9 Å². The average Bonchev–Trinajstić information content (AvgIpc) is 2.79. The van der Waals surface area contributed by atoms with Crippen LogP contribution in [0.4, 0.5) is 0 Å². The predicted molar refractivity (Wildman–Crippen MR) is 121 cm³/mol. The molecule has 0 fully saturated rings. The molecule has 1 heterocycles. The number of aliphatic hydroxyl groups excluding tert-OH is 1. The summed E-state index contributed by atoms with van der Waals surface area (Å²) in [7, 11) is -0.720. The van der Waals surface area contributed by atoms with E-state index in [-0.39, 0.29) is 18.9 Å². The van der Waals surface area contributed by atoms with Crippen LogP contribution >= 0.6 is 0 Å². The van der Waals surface area contributed by atoms with Gasteiger partial charge in [0.05, 0.1) is 20.0 Å². The molecule has 9 heteroatoms. The molecule has 170 valence electrons. The van der Waals surface area contributed by atoms with E-state index in [4.69, 9.17) is 9.47 Å². The van der Waals surface area contributed by atoms with Crippen molar-refractivity contribution < 1.29 is 23.0 Å². The fourth-order valence-electron chi connectivity index (χ4n) is 3.08. The largest absolute Gasteiger partial charge is 0.497 e. The van der Waals surface area contributed by atoms with Crippen molar-refractivity contribution in [2.24, 2.45) is 0 Å². The second-order valence-corrected chi connectivity index (χ2v) is 9.39. The van der Waals surface area contributed by atoms with Gasteiger partial charge in [-0.15, -0.1) is 0 Å². The maximum atomic E-state index is 13.3. The molecule has 0 radical (unpaired) electrons. The third kappa shape index (κ3) is 6.25. The minimum atomic E-state index is -3.87. The number of aryl methyl sites for hydroxylation is 1. The molecule has 1 N–H and O–H groups in total. The molecule has 0 bridgehead atoms. The van der Waals surface area contributed by atoms with Crippen LogP contribution in [-0.2, 0) is 23.1 Å². The lowest BCUT2D eigenvalue weighted by Crippen LogP contribution is -2.34. The minimum Gasteiger partial charge on any atom is -0.497 e. The number of ether oxygens (including phenoxy) is 2. The van der Waals surface area contributed by atoms with Gasteiger partial charge in [-0.05, 0) is 47.9 Å². The molecule has 0 saturated carbocycles. The van der Waals surface area contributed by atoms with Crippen LogP contribution < -0.4 is 9.47 Å². The zero-order valence-electron chi connectivity index (χ0n) is 18.3. The van der Waals surface area contributed by atoms with Gasteiger partial charge in [0.2, 0.25) is 10.0 Å². The van der Waals surface area contributed by atoms with E-state index in [0.29, 0.717) is 11.5 Å². The van der Waals surface area contributed by atoms with Crippen molar-refractivity contribution in [3.63, 3.8) is 0 Å². The van der Waals surface area contributed by atoms with Gasteiger partial charge in [-0.2, -0.15) is 4.31 Å². The minimum absolute atomic E-state index is 0.0769. The topological polar surface area (TPSA) is 102 Å². The number of sulfonamides is 1. The number of aromatic nitrogens is 2. The molecular weight excluding hydrogens is 430 g/mol. The van der Waals surface area contributed by atoms with Gasteiger partial charge in [-0.1, -0.05) is 24.3 Å². The highest BCUT2D eigenvalue weighted by Gasteiger charge is 2.28. The van der Waals surface area contributed by atoms with Crippen molar-refractivity contribution in [3.05, 3.63) is 83.4 Å². The standard InChI is InChI=1S/C23H27N3O5S/c1-17-12-24-23(25-13-17)22(27)16-32(28,29)26(14-18-4-8-20(30-2)9-5-18)15-19-6-10-21(31-3)11-7-19/h4-13,22,27H,14-16H2,1-3H3/t22-/m1/s1. The van der Waals surface area contributed by atoms with E-state index in [1.54, 1.807) is 50.9 Å². The van der Waals surface area contributed by atoms with E-state index in [2.05, 4.69) is 9.97 Å². The van der Waals surface area contributed by atoms with Crippen LogP contribution in [0.2, 0.25) is 0 Å². The van der Waals surface area contributed by atoms with Crippen LogP contribution in [0.5, 0.6) is 11.5 Å². The Morgan fingerprint density at radius 3 is 1.72 bits per heavy atom. The van der Waals surface area contributed by atoms with Crippen LogP contribution in [0.1, 0.15) is 28.6 Å². The summed E-state index contributed by atoms with van der Waals surface area (Å²) in [6.45, 7) is 2.10. The van der Waals surface area contributed by atoms with Crippen LogP contribution in [0.15, 0.2) is 60.9 Å². The van der Waals surface area contributed by atoms with Crippen molar-refractivity contribution in [2.45, 2.75) is 26.1 Å². The summed E-state index contributed by atoms with van der Waals surface area (Å²) >= 11 is 0. The highest BCUT2D eigenvalue weighted by atomic mass is 32.2. The molecule has 0 aliphatic carbocycles. The van der Waals surface area contributed by atoms with Crippen molar-refractivity contribution in [3.8, 4) is 11.5 Å². The predicted octanol–water partition coefficient (Wildman–Crippen LogP) is 2.87. The molecule has 8 nitrogen and oxygen atoms in total. The normalized spacial score (nSPS) is 12.5. The zero-order valence-corrected chi connectivity index (χ0v) is 19.1. The maximum absolute atomic E-state index is 13.3. The summed E-state index contributed by atoms with van der Waals surface area (Å²) in [5, 5.41) is 10.5. The van der Waals surface area contributed by atoms with Gasteiger partial charge in [0.1, 0.15) is 17.6 Å². The molecule has 32 heavy (non-hydrogen) atoms. The first-order chi connectivity index (χ1) is 15.3. The number of aliphatic hydroxyl groups is 1. The fourth-order valence-corrected chi connectivity index (χ4v) is 4.53. The quantitative estimate of drug-likeness (QED) is 0.499. The summed E-state index contributed by atoms with van der Waals surface area (Å²) in [6, 6.07) is 14.4. The highest BCUT2D eigenvalue weighted by molar-refractivity contribution is 7.89. The molecule has 0 spiro atoms. The van der Waals surface area contributed by atoms with Gasteiger partial charge >= 0.3 is 0 Å². The van der Waals surface area contributed by atoms with Gasteiger partial charge in [-0.25, -0.2) is 18.4 Å². The van der Waals surface area contributed by atoms with Gasteiger partial charge in [0.25, 0.3) is 0 Å². The van der Waals surface area contributed by atoms with Crippen molar-refractivity contribution in [2.75, 3.05) is 20.0 Å². The molecule has 1 atom stereocenters.